The number of hydrogen-bond donors (Lipinski definition) is 1. The zero-order valence-electron chi connectivity index (χ0n) is 9.60. The Morgan fingerprint density at radius 1 is 1.47 bits per heavy atom. The highest BCUT2D eigenvalue weighted by Crippen LogP contribution is 2.19. The monoisotopic (exact) mass is 234 g/mol. The van der Waals surface area contributed by atoms with E-state index < -0.39 is 6.09 Å². The average Bonchev–Trinajstić information content (AvgIpc) is 2.30. The molecular formula is C12H14N2O3. The number of amides is 1. The minimum Gasteiger partial charge on any atom is -0.494 e. The number of benzene rings is 1. The van der Waals surface area contributed by atoms with Crippen LogP contribution in [0.1, 0.15) is 13.3 Å². The topological polar surface area (TPSA) is 71.3 Å². The molecule has 0 atom stereocenters. The summed E-state index contributed by atoms with van der Waals surface area (Å²) in [5.74, 6) is 1.06. The van der Waals surface area contributed by atoms with Crippen molar-refractivity contribution in [3.05, 3.63) is 24.3 Å². The number of nitrogens with zero attached hydrogens (tertiary/aromatic N) is 1. The van der Waals surface area contributed by atoms with Crippen LogP contribution < -0.4 is 14.8 Å². The minimum absolute atomic E-state index is 0.258. The van der Waals surface area contributed by atoms with Crippen LogP contribution in [-0.2, 0) is 0 Å². The Hall–Kier alpha value is -2.22. The Kier molecular flexibility index (Phi) is 5.38. The second kappa shape index (κ2) is 7.12. The summed E-state index contributed by atoms with van der Waals surface area (Å²) in [7, 11) is 0. The second-order valence-corrected chi connectivity index (χ2v) is 3.13. The Morgan fingerprint density at radius 2 is 2.24 bits per heavy atom. The van der Waals surface area contributed by atoms with Crippen LogP contribution in [0, 0.1) is 11.3 Å². The summed E-state index contributed by atoms with van der Waals surface area (Å²) in [6, 6.07) is 8.73. The molecule has 0 aliphatic rings. The first-order chi connectivity index (χ1) is 8.26. The molecule has 0 fully saturated rings. The maximum Gasteiger partial charge on any atom is 0.412 e. The molecule has 0 aliphatic carbocycles. The molecule has 1 rings (SSSR count). The predicted octanol–water partition coefficient (Wildman–Crippen LogP) is 2.09. The lowest BCUT2D eigenvalue weighted by Crippen LogP contribution is -2.27. The Balaban J connectivity index is 2.47. The van der Waals surface area contributed by atoms with Crippen molar-refractivity contribution in [3.8, 4) is 17.6 Å². The van der Waals surface area contributed by atoms with Gasteiger partial charge in [-0.05, 0) is 19.1 Å². The van der Waals surface area contributed by atoms with E-state index in [1.54, 1.807) is 24.3 Å². The van der Waals surface area contributed by atoms with Crippen LogP contribution in [0.15, 0.2) is 24.3 Å². The molecule has 0 spiro atoms. The number of carbonyl (C=O) groups is 1. The molecular weight excluding hydrogens is 220 g/mol. The van der Waals surface area contributed by atoms with E-state index in [-0.39, 0.29) is 13.0 Å². The fourth-order valence-corrected chi connectivity index (χ4v) is 1.16. The summed E-state index contributed by atoms with van der Waals surface area (Å²) in [5, 5.41) is 10.8. The van der Waals surface area contributed by atoms with Crippen molar-refractivity contribution in [2.75, 3.05) is 13.2 Å². The summed E-state index contributed by atoms with van der Waals surface area (Å²) in [4.78, 5) is 11.3. The average molecular weight is 234 g/mol. The molecule has 1 amide bonds. The highest BCUT2D eigenvalue weighted by molar-refractivity contribution is 5.70. The van der Waals surface area contributed by atoms with Gasteiger partial charge in [0.05, 0.1) is 19.1 Å². The van der Waals surface area contributed by atoms with Gasteiger partial charge in [0, 0.05) is 12.6 Å². The van der Waals surface area contributed by atoms with E-state index >= 15 is 0 Å². The van der Waals surface area contributed by atoms with Crippen molar-refractivity contribution in [2.24, 2.45) is 0 Å². The first-order valence-electron chi connectivity index (χ1n) is 5.31. The molecule has 0 radical (unpaired) electrons. The maximum absolute atomic E-state index is 11.3. The molecule has 90 valence electrons. The minimum atomic E-state index is -0.575. The normalized spacial score (nSPS) is 9.18. The highest BCUT2D eigenvalue weighted by Gasteiger charge is 2.04. The van der Waals surface area contributed by atoms with E-state index in [2.05, 4.69) is 5.32 Å². The number of ether oxygens (including phenoxy) is 2. The van der Waals surface area contributed by atoms with Gasteiger partial charge in [-0.3, -0.25) is 0 Å². The van der Waals surface area contributed by atoms with E-state index in [9.17, 15) is 4.79 Å². The standard InChI is InChI=1S/C12H14N2O3/c1-2-16-10-5-3-6-11(9-10)17-12(15)14-8-4-7-13/h3,5-6,9H,2,4,8H2,1H3,(H,14,15). The lowest BCUT2D eigenvalue weighted by Gasteiger charge is -2.07. The molecule has 5 heteroatoms. The first kappa shape index (κ1) is 12.8. The molecule has 0 bridgehead atoms. The molecule has 0 saturated heterocycles. The number of rotatable bonds is 5. The van der Waals surface area contributed by atoms with E-state index in [0.29, 0.717) is 18.1 Å². The summed E-state index contributed by atoms with van der Waals surface area (Å²) in [5.41, 5.74) is 0. The van der Waals surface area contributed by atoms with Crippen molar-refractivity contribution in [2.45, 2.75) is 13.3 Å². The third-order valence-corrected chi connectivity index (χ3v) is 1.83. The summed E-state index contributed by atoms with van der Waals surface area (Å²) in [6.45, 7) is 2.71. The van der Waals surface area contributed by atoms with Crippen LogP contribution in [0.2, 0.25) is 0 Å². The van der Waals surface area contributed by atoms with Crippen molar-refractivity contribution in [1.29, 1.82) is 5.26 Å². The fraction of sp³-hybridized carbons (Fsp3) is 0.333. The number of carbonyl (C=O) groups excluding carboxylic acids is 1. The van der Waals surface area contributed by atoms with Crippen molar-refractivity contribution >= 4 is 6.09 Å². The second-order valence-electron chi connectivity index (χ2n) is 3.13. The van der Waals surface area contributed by atoms with Gasteiger partial charge in [0.1, 0.15) is 11.5 Å². The summed E-state index contributed by atoms with van der Waals surface area (Å²) >= 11 is 0. The van der Waals surface area contributed by atoms with E-state index in [1.165, 1.54) is 0 Å². The Bertz CT molecular complexity index is 412. The van der Waals surface area contributed by atoms with E-state index in [4.69, 9.17) is 14.7 Å². The third-order valence-electron chi connectivity index (χ3n) is 1.83. The Morgan fingerprint density at radius 3 is 2.94 bits per heavy atom. The van der Waals surface area contributed by atoms with Crippen LogP contribution in [0.5, 0.6) is 11.5 Å². The lowest BCUT2D eigenvalue weighted by molar-refractivity contribution is 0.200. The summed E-state index contributed by atoms with van der Waals surface area (Å²) < 4.78 is 10.3. The molecule has 5 nitrogen and oxygen atoms in total. The van der Waals surface area contributed by atoms with Crippen molar-refractivity contribution in [1.82, 2.24) is 5.32 Å². The number of hydrogen-bond acceptors (Lipinski definition) is 4. The molecule has 1 N–H and O–H groups in total. The van der Waals surface area contributed by atoms with Crippen molar-refractivity contribution < 1.29 is 14.3 Å². The quantitative estimate of drug-likeness (QED) is 0.792. The van der Waals surface area contributed by atoms with Crippen LogP contribution in [-0.4, -0.2) is 19.2 Å². The van der Waals surface area contributed by atoms with Gasteiger partial charge in [-0.15, -0.1) is 0 Å². The van der Waals surface area contributed by atoms with Crippen LogP contribution in [0.25, 0.3) is 0 Å². The summed E-state index contributed by atoms with van der Waals surface area (Å²) in [6.07, 6.45) is -0.317. The van der Waals surface area contributed by atoms with Crippen LogP contribution in [0.4, 0.5) is 4.79 Å². The van der Waals surface area contributed by atoms with Gasteiger partial charge >= 0.3 is 6.09 Å². The molecule has 1 aromatic rings. The zero-order valence-corrected chi connectivity index (χ0v) is 9.60. The third kappa shape index (κ3) is 4.89. The number of nitrogens with one attached hydrogen (secondary N) is 1. The van der Waals surface area contributed by atoms with Gasteiger partial charge in [-0.25, -0.2) is 4.79 Å². The molecule has 0 heterocycles. The van der Waals surface area contributed by atoms with Gasteiger partial charge in [0.2, 0.25) is 0 Å². The van der Waals surface area contributed by atoms with Crippen molar-refractivity contribution in [3.63, 3.8) is 0 Å². The highest BCUT2D eigenvalue weighted by atomic mass is 16.6. The van der Waals surface area contributed by atoms with Gasteiger partial charge in [0.25, 0.3) is 0 Å². The smallest absolute Gasteiger partial charge is 0.412 e. The lowest BCUT2D eigenvalue weighted by atomic mass is 10.3. The van der Waals surface area contributed by atoms with Gasteiger partial charge in [-0.1, -0.05) is 6.07 Å². The van der Waals surface area contributed by atoms with E-state index in [1.807, 2.05) is 13.0 Å². The molecule has 0 saturated carbocycles. The largest absolute Gasteiger partial charge is 0.494 e. The van der Waals surface area contributed by atoms with Gasteiger partial charge < -0.3 is 14.8 Å². The maximum atomic E-state index is 11.3. The molecule has 0 unspecified atom stereocenters. The van der Waals surface area contributed by atoms with Crippen LogP contribution >= 0.6 is 0 Å². The molecule has 0 aromatic heterocycles. The zero-order chi connectivity index (χ0) is 12.5. The Labute approximate surface area is 100.0 Å². The predicted molar refractivity (Wildman–Crippen MR) is 61.9 cm³/mol. The molecule has 17 heavy (non-hydrogen) atoms. The fourth-order valence-electron chi connectivity index (χ4n) is 1.16. The molecule has 0 aliphatic heterocycles. The van der Waals surface area contributed by atoms with Gasteiger partial charge in [0.15, 0.2) is 0 Å². The first-order valence-corrected chi connectivity index (χ1v) is 5.31. The number of nitriles is 1. The van der Waals surface area contributed by atoms with Crippen LogP contribution in [0.3, 0.4) is 0 Å². The molecule has 1 aromatic carbocycles. The van der Waals surface area contributed by atoms with E-state index in [0.717, 1.165) is 0 Å². The van der Waals surface area contributed by atoms with Gasteiger partial charge in [-0.2, -0.15) is 5.26 Å². The SMILES string of the molecule is CCOc1cccc(OC(=O)NCCC#N)c1.